The first-order valence-corrected chi connectivity index (χ1v) is 5.99. The summed E-state index contributed by atoms with van der Waals surface area (Å²) >= 11 is 1.86. The molecule has 0 spiro atoms. The van der Waals surface area contributed by atoms with Crippen LogP contribution in [0.2, 0.25) is 0 Å². The number of hydrogen-bond donors (Lipinski definition) is 1. The van der Waals surface area contributed by atoms with Crippen molar-refractivity contribution in [2.75, 3.05) is 26.3 Å². The van der Waals surface area contributed by atoms with Crippen molar-refractivity contribution in [2.45, 2.75) is 19.3 Å². The number of rotatable bonds is 4. The monoisotopic (exact) mass is 211 g/mol. The molecule has 1 aromatic rings. The predicted octanol–water partition coefficient (Wildman–Crippen LogP) is 1.93. The second kappa shape index (κ2) is 4.01. The number of likely N-dealkylation sites (N-methyl/N-ethyl adjacent to an activating group) is 1. The van der Waals surface area contributed by atoms with Gasteiger partial charge in [0.05, 0.1) is 18.6 Å². The minimum atomic E-state index is 0.272. The number of nitrogens with one attached hydrogen (secondary N) is 1. The number of hydrogen-bond acceptors (Lipinski definition) is 3. The standard InChI is InChI=1S/C11H17NOS/c1-3-12-6-11(7-13-8-11)10-9(2)4-5-14-10/h4-5,12H,3,6-8H2,1-2H3. The Balaban J connectivity index is 2.16. The van der Waals surface area contributed by atoms with Gasteiger partial charge in [0.25, 0.3) is 0 Å². The van der Waals surface area contributed by atoms with E-state index in [-0.39, 0.29) is 5.41 Å². The van der Waals surface area contributed by atoms with Gasteiger partial charge < -0.3 is 10.1 Å². The minimum absolute atomic E-state index is 0.272. The SMILES string of the molecule is CCNCC1(c2sccc2C)COC1. The van der Waals surface area contributed by atoms with Crippen LogP contribution >= 0.6 is 11.3 Å². The van der Waals surface area contributed by atoms with Crippen LogP contribution in [-0.2, 0) is 10.2 Å². The predicted molar refractivity (Wildman–Crippen MR) is 60.1 cm³/mol. The fraction of sp³-hybridized carbons (Fsp3) is 0.636. The average molecular weight is 211 g/mol. The van der Waals surface area contributed by atoms with Crippen LogP contribution in [0, 0.1) is 6.92 Å². The molecule has 1 fully saturated rings. The molecular weight excluding hydrogens is 194 g/mol. The molecule has 0 atom stereocenters. The van der Waals surface area contributed by atoms with E-state index in [1.54, 1.807) is 0 Å². The van der Waals surface area contributed by atoms with Gasteiger partial charge in [-0.05, 0) is 30.5 Å². The van der Waals surface area contributed by atoms with Gasteiger partial charge in [0.2, 0.25) is 0 Å². The maximum Gasteiger partial charge on any atom is 0.0640 e. The second-order valence-electron chi connectivity index (χ2n) is 3.99. The van der Waals surface area contributed by atoms with E-state index in [4.69, 9.17) is 4.74 Å². The maximum absolute atomic E-state index is 5.38. The molecule has 1 aliphatic heterocycles. The molecule has 14 heavy (non-hydrogen) atoms. The molecule has 0 amide bonds. The normalized spacial score (nSPS) is 19.3. The number of aryl methyl sites for hydroxylation is 1. The van der Waals surface area contributed by atoms with Gasteiger partial charge in [0, 0.05) is 11.4 Å². The van der Waals surface area contributed by atoms with E-state index in [0.717, 1.165) is 26.3 Å². The van der Waals surface area contributed by atoms with Gasteiger partial charge in [-0.1, -0.05) is 6.92 Å². The molecule has 2 nitrogen and oxygen atoms in total. The van der Waals surface area contributed by atoms with Crippen molar-refractivity contribution in [3.05, 3.63) is 21.9 Å². The topological polar surface area (TPSA) is 21.3 Å². The average Bonchev–Trinajstić information content (AvgIpc) is 2.51. The van der Waals surface area contributed by atoms with Gasteiger partial charge in [-0.25, -0.2) is 0 Å². The number of thiophene rings is 1. The van der Waals surface area contributed by atoms with Gasteiger partial charge >= 0.3 is 0 Å². The molecular formula is C11H17NOS. The Hall–Kier alpha value is -0.380. The van der Waals surface area contributed by atoms with Crippen molar-refractivity contribution >= 4 is 11.3 Å². The molecule has 1 aromatic heterocycles. The summed E-state index contributed by atoms with van der Waals surface area (Å²) in [5.41, 5.74) is 1.69. The maximum atomic E-state index is 5.38. The highest BCUT2D eigenvalue weighted by molar-refractivity contribution is 7.10. The zero-order valence-corrected chi connectivity index (χ0v) is 9.62. The lowest BCUT2D eigenvalue weighted by Gasteiger charge is -2.41. The third kappa shape index (κ3) is 1.60. The van der Waals surface area contributed by atoms with Crippen molar-refractivity contribution in [1.82, 2.24) is 5.32 Å². The van der Waals surface area contributed by atoms with Crippen molar-refractivity contribution in [1.29, 1.82) is 0 Å². The van der Waals surface area contributed by atoms with E-state index in [2.05, 4.69) is 30.6 Å². The van der Waals surface area contributed by atoms with Gasteiger partial charge in [-0.3, -0.25) is 0 Å². The lowest BCUT2D eigenvalue weighted by atomic mass is 9.82. The lowest BCUT2D eigenvalue weighted by Crippen LogP contribution is -2.53. The van der Waals surface area contributed by atoms with Gasteiger partial charge in [0.15, 0.2) is 0 Å². The highest BCUT2D eigenvalue weighted by atomic mass is 32.1. The first kappa shape index (κ1) is 10.1. The second-order valence-corrected chi connectivity index (χ2v) is 4.90. The summed E-state index contributed by atoms with van der Waals surface area (Å²) in [6.07, 6.45) is 0. The molecule has 3 heteroatoms. The highest BCUT2D eigenvalue weighted by Crippen LogP contribution is 2.37. The van der Waals surface area contributed by atoms with Crippen LogP contribution in [0.15, 0.2) is 11.4 Å². The molecule has 0 aliphatic carbocycles. The highest BCUT2D eigenvalue weighted by Gasteiger charge is 2.41. The van der Waals surface area contributed by atoms with E-state index in [1.165, 1.54) is 10.4 Å². The van der Waals surface area contributed by atoms with Gasteiger partial charge in [0.1, 0.15) is 0 Å². The first-order valence-electron chi connectivity index (χ1n) is 5.11. The van der Waals surface area contributed by atoms with Crippen LogP contribution in [0.3, 0.4) is 0 Å². The zero-order chi connectivity index (χ0) is 10.0. The molecule has 78 valence electrons. The fourth-order valence-corrected chi connectivity index (χ4v) is 3.04. The Morgan fingerprint density at radius 2 is 2.36 bits per heavy atom. The van der Waals surface area contributed by atoms with Crippen LogP contribution in [0.4, 0.5) is 0 Å². The summed E-state index contributed by atoms with van der Waals surface area (Å²) in [5, 5.41) is 5.61. The number of ether oxygens (including phenoxy) is 1. The van der Waals surface area contributed by atoms with E-state index < -0.39 is 0 Å². The molecule has 1 saturated heterocycles. The summed E-state index contributed by atoms with van der Waals surface area (Å²) < 4.78 is 5.38. The molecule has 0 radical (unpaired) electrons. The molecule has 0 unspecified atom stereocenters. The largest absolute Gasteiger partial charge is 0.379 e. The van der Waals surface area contributed by atoms with Gasteiger partial charge in [-0.15, -0.1) is 11.3 Å². The summed E-state index contributed by atoms with van der Waals surface area (Å²) in [4.78, 5) is 1.50. The third-order valence-electron chi connectivity index (χ3n) is 2.81. The summed E-state index contributed by atoms with van der Waals surface area (Å²) in [7, 11) is 0. The zero-order valence-electron chi connectivity index (χ0n) is 8.80. The molecule has 0 bridgehead atoms. The van der Waals surface area contributed by atoms with Crippen molar-refractivity contribution in [2.24, 2.45) is 0 Å². The lowest BCUT2D eigenvalue weighted by molar-refractivity contribution is -0.0572. The van der Waals surface area contributed by atoms with Crippen molar-refractivity contribution in [3.63, 3.8) is 0 Å². The summed E-state index contributed by atoms with van der Waals surface area (Å²) in [6, 6.07) is 2.20. The third-order valence-corrected chi connectivity index (χ3v) is 4.08. The van der Waals surface area contributed by atoms with E-state index in [0.29, 0.717) is 0 Å². The smallest absolute Gasteiger partial charge is 0.0640 e. The Bertz CT molecular complexity index is 304. The molecule has 2 rings (SSSR count). The molecule has 1 N–H and O–H groups in total. The first-order chi connectivity index (χ1) is 6.78. The molecule has 1 aliphatic rings. The van der Waals surface area contributed by atoms with Crippen molar-refractivity contribution in [3.8, 4) is 0 Å². The molecule has 0 aromatic carbocycles. The minimum Gasteiger partial charge on any atom is -0.379 e. The van der Waals surface area contributed by atoms with Gasteiger partial charge in [-0.2, -0.15) is 0 Å². The van der Waals surface area contributed by atoms with Crippen LogP contribution in [-0.4, -0.2) is 26.3 Å². The Morgan fingerprint density at radius 3 is 2.79 bits per heavy atom. The van der Waals surface area contributed by atoms with E-state index in [1.807, 2.05) is 11.3 Å². The summed E-state index contributed by atoms with van der Waals surface area (Å²) in [6.45, 7) is 8.17. The Labute approximate surface area is 89.3 Å². The van der Waals surface area contributed by atoms with E-state index >= 15 is 0 Å². The van der Waals surface area contributed by atoms with Crippen LogP contribution in [0.25, 0.3) is 0 Å². The van der Waals surface area contributed by atoms with E-state index in [9.17, 15) is 0 Å². The Kier molecular flexibility index (Phi) is 2.91. The molecule has 0 saturated carbocycles. The van der Waals surface area contributed by atoms with Crippen LogP contribution < -0.4 is 5.32 Å². The molecule has 2 heterocycles. The summed E-state index contributed by atoms with van der Waals surface area (Å²) in [5.74, 6) is 0. The quantitative estimate of drug-likeness (QED) is 0.821. The van der Waals surface area contributed by atoms with Crippen LogP contribution in [0.1, 0.15) is 17.4 Å². The Morgan fingerprint density at radius 1 is 1.57 bits per heavy atom. The van der Waals surface area contributed by atoms with Crippen LogP contribution in [0.5, 0.6) is 0 Å². The van der Waals surface area contributed by atoms with Crippen molar-refractivity contribution < 1.29 is 4.74 Å². The fourth-order valence-electron chi connectivity index (χ4n) is 1.94.